The van der Waals surface area contributed by atoms with Crippen LogP contribution in [0.5, 0.6) is 0 Å². The molecule has 0 saturated carbocycles. The van der Waals surface area contributed by atoms with Crippen LogP contribution in [0.1, 0.15) is 22.0 Å². The molecule has 5 heteroatoms. The number of aliphatic hydroxyl groups is 2. The maximum Gasteiger partial charge on any atom is 0.150 e. The van der Waals surface area contributed by atoms with Gasteiger partial charge in [-0.05, 0) is 13.1 Å². The van der Waals surface area contributed by atoms with Crippen LogP contribution in [0, 0.1) is 5.82 Å². The molecule has 1 rings (SSSR count). The Balaban J connectivity index is 2.91. The molecule has 3 N–H and O–H groups in total. The summed E-state index contributed by atoms with van der Waals surface area (Å²) in [5.74, 6) is -0.702. The van der Waals surface area contributed by atoms with Crippen molar-refractivity contribution in [2.24, 2.45) is 0 Å². The van der Waals surface area contributed by atoms with Crippen molar-refractivity contribution in [3.63, 3.8) is 0 Å². The molecule has 88 valence electrons. The van der Waals surface area contributed by atoms with E-state index in [-0.39, 0.29) is 17.7 Å². The van der Waals surface area contributed by atoms with Crippen molar-refractivity contribution in [1.82, 2.24) is 5.32 Å². The highest BCUT2D eigenvalue weighted by molar-refractivity contribution is 5.74. The van der Waals surface area contributed by atoms with E-state index in [1.165, 1.54) is 12.1 Å². The van der Waals surface area contributed by atoms with Crippen LogP contribution in [-0.4, -0.2) is 36.2 Å². The molecule has 0 bridgehead atoms. The van der Waals surface area contributed by atoms with Crippen LogP contribution in [0.15, 0.2) is 18.2 Å². The molecule has 0 aromatic heterocycles. The molecule has 0 radical (unpaired) electrons. The highest BCUT2D eigenvalue weighted by atomic mass is 19.1. The van der Waals surface area contributed by atoms with Crippen molar-refractivity contribution in [2.45, 2.75) is 12.2 Å². The molecule has 0 amide bonds. The summed E-state index contributed by atoms with van der Waals surface area (Å²) < 4.78 is 13.4. The number of hydrogen-bond donors (Lipinski definition) is 3. The molecule has 0 spiro atoms. The van der Waals surface area contributed by atoms with Gasteiger partial charge in [0.05, 0.1) is 6.10 Å². The molecule has 0 aliphatic carbocycles. The molecule has 0 aliphatic rings. The third-order valence-corrected chi connectivity index (χ3v) is 2.26. The average Bonchev–Trinajstić information content (AvgIpc) is 2.28. The predicted molar refractivity (Wildman–Crippen MR) is 56.7 cm³/mol. The van der Waals surface area contributed by atoms with E-state index < -0.39 is 18.0 Å². The number of benzene rings is 1. The van der Waals surface area contributed by atoms with Gasteiger partial charge in [0.25, 0.3) is 0 Å². The minimum Gasteiger partial charge on any atom is -0.389 e. The van der Waals surface area contributed by atoms with E-state index >= 15 is 0 Å². The predicted octanol–water partition coefficient (Wildman–Crippen LogP) is 0.252. The summed E-state index contributed by atoms with van der Waals surface area (Å²) in [5, 5.41) is 21.8. The standard InChI is InChI=1S/C11H14FNO3/c1-13-5-10(15)11(16)8-3-2-7(6-14)4-9(8)12/h2-4,6,10-11,13,15-16H,5H2,1H3. The Morgan fingerprint density at radius 2 is 2.19 bits per heavy atom. The van der Waals surface area contributed by atoms with Crippen LogP contribution in [0.3, 0.4) is 0 Å². The SMILES string of the molecule is CNCC(O)C(O)c1ccc(C=O)cc1F. The molecule has 0 saturated heterocycles. The van der Waals surface area contributed by atoms with Crippen LogP contribution < -0.4 is 5.32 Å². The summed E-state index contributed by atoms with van der Waals surface area (Å²) >= 11 is 0. The average molecular weight is 227 g/mol. The fraction of sp³-hybridized carbons (Fsp3) is 0.364. The van der Waals surface area contributed by atoms with Gasteiger partial charge in [-0.3, -0.25) is 4.79 Å². The van der Waals surface area contributed by atoms with E-state index in [0.717, 1.165) is 6.07 Å². The summed E-state index contributed by atoms with van der Waals surface area (Å²) in [7, 11) is 1.61. The third-order valence-electron chi connectivity index (χ3n) is 2.26. The normalized spacial score (nSPS) is 14.5. The Kier molecular flexibility index (Phi) is 4.54. The third kappa shape index (κ3) is 2.85. The number of rotatable bonds is 5. The summed E-state index contributed by atoms with van der Waals surface area (Å²) in [6.07, 6.45) is -1.89. The number of likely N-dealkylation sites (N-methyl/N-ethyl adjacent to an activating group) is 1. The number of carbonyl (C=O) groups is 1. The summed E-state index contributed by atoms with van der Waals surface area (Å²) in [4.78, 5) is 10.4. The first-order valence-corrected chi connectivity index (χ1v) is 4.85. The lowest BCUT2D eigenvalue weighted by Gasteiger charge is -2.18. The van der Waals surface area contributed by atoms with Crippen molar-refractivity contribution >= 4 is 6.29 Å². The molecule has 16 heavy (non-hydrogen) atoms. The van der Waals surface area contributed by atoms with Gasteiger partial charge in [0.15, 0.2) is 0 Å². The van der Waals surface area contributed by atoms with E-state index in [0.29, 0.717) is 6.29 Å². The van der Waals surface area contributed by atoms with Crippen LogP contribution in [0.25, 0.3) is 0 Å². The first-order valence-electron chi connectivity index (χ1n) is 4.85. The molecule has 4 nitrogen and oxygen atoms in total. The highest BCUT2D eigenvalue weighted by Gasteiger charge is 2.20. The molecule has 1 aromatic rings. The van der Waals surface area contributed by atoms with Crippen molar-refractivity contribution in [3.8, 4) is 0 Å². The second-order valence-electron chi connectivity index (χ2n) is 3.47. The van der Waals surface area contributed by atoms with E-state index in [1.807, 2.05) is 0 Å². The van der Waals surface area contributed by atoms with Crippen LogP contribution in [0.2, 0.25) is 0 Å². The number of aliphatic hydroxyl groups excluding tert-OH is 2. The van der Waals surface area contributed by atoms with Gasteiger partial charge in [-0.1, -0.05) is 12.1 Å². The monoisotopic (exact) mass is 227 g/mol. The molecule has 0 fully saturated rings. The fourth-order valence-corrected chi connectivity index (χ4v) is 1.38. The number of carbonyl (C=O) groups excluding carboxylic acids is 1. The van der Waals surface area contributed by atoms with Crippen molar-refractivity contribution < 1.29 is 19.4 Å². The first-order chi connectivity index (χ1) is 7.60. The zero-order valence-corrected chi connectivity index (χ0v) is 8.85. The van der Waals surface area contributed by atoms with Crippen molar-refractivity contribution in [3.05, 3.63) is 35.1 Å². The van der Waals surface area contributed by atoms with Crippen LogP contribution >= 0.6 is 0 Å². The molecule has 1 aromatic carbocycles. The lowest BCUT2D eigenvalue weighted by molar-refractivity contribution is 0.0181. The van der Waals surface area contributed by atoms with E-state index in [2.05, 4.69) is 5.32 Å². The molecular weight excluding hydrogens is 213 g/mol. The van der Waals surface area contributed by atoms with Gasteiger partial charge >= 0.3 is 0 Å². The Labute approximate surface area is 92.7 Å². The maximum absolute atomic E-state index is 13.4. The van der Waals surface area contributed by atoms with E-state index in [4.69, 9.17) is 0 Å². The lowest BCUT2D eigenvalue weighted by atomic mass is 10.0. The van der Waals surface area contributed by atoms with Gasteiger partial charge in [0, 0.05) is 17.7 Å². The molecule has 2 unspecified atom stereocenters. The second-order valence-corrected chi connectivity index (χ2v) is 3.47. The van der Waals surface area contributed by atoms with E-state index in [9.17, 15) is 19.4 Å². The summed E-state index contributed by atoms with van der Waals surface area (Å²) in [6, 6.07) is 3.71. The number of hydrogen-bond acceptors (Lipinski definition) is 4. The van der Waals surface area contributed by atoms with Crippen molar-refractivity contribution in [2.75, 3.05) is 13.6 Å². The fourth-order valence-electron chi connectivity index (χ4n) is 1.38. The number of aldehydes is 1. The molecular formula is C11H14FNO3. The molecule has 2 atom stereocenters. The van der Waals surface area contributed by atoms with Crippen LogP contribution in [-0.2, 0) is 0 Å². The zero-order valence-electron chi connectivity index (χ0n) is 8.85. The summed E-state index contributed by atoms with van der Waals surface area (Å²) in [6.45, 7) is 0.149. The molecule has 0 heterocycles. The Morgan fingerprint density at radius 1 is 1.50 bits per heavy atom. The quantitative estimate of drug-likeness (QED) is 0.631. The highest BCUT2D eigenvalue weighted by Crippen LogP contribution is 2.20. The van der Waals surface area contributed by atoms with Gasteiger partial charge in [-0.25, -0.2) is 4.39 Å². The lowest BCUT2D eigenvalue weighted by Crippen LogP contribution is -2.30. The van der Waals surface area contributed by atoms with Gasteiger partial charge in [0.1, 0.15) is 18.2 Å². The smallest absolute Gasteiger partial charge is 0.150 e. The molecule has 0 aliphatic heterocycles. The Morgan fingerprint density at radius 3 is 2.69 bits per heavy atom. The number of nitrogens with one attached hydrogen (secondary N) is 1. The topological polar surface area (TPSA) is 69.6 Å². The Hall–Kier alpha value is -1.30. The van der Waals surface area contributed by atoms with Gasteiger partial charge < -0.3 is 15.5 Å². The Bertz CT molecular complexity index is 370. The first kappa shape index (κ1) is 12.8. The van der Waals surface area contributed by atoms with Crippen molar-refractivity contribution in [1.29, 1.82) is 0 Å². The van der Waals surface area contributed by atoms with Crippen LogP contribution in [0.4, 0.5) is 4.39 Å². The number of halogens is 1. The second kappa shape index (κ2) is 5.69. The summed E-state index contributed by atoms with van der Waals surface area (Å²) in [5.41, 5.74) is 0.171. The van der Waals surface area contributed by atoms with Gasteiger partial charge in [-0.2, -0.15) is 0 Å². The van der Waals surface area contributed by atoms with Gasteiger partial charge in [-0.15, -0.1) is 0 Å². The maximum atomic E-state index is 13.4. The van der Waals surface area contributed by atoms with E-state index in [1.54, 1.807) is 7.05 Å². The minimum absolute atomic E-state index is 0.0200. The minimum atomic E-state index is -1.31. The zero-order chi connectivity index (χ0) is 12.1. The largest absolute Gasteiger partial charge is 0.389 e. The van der Waals surface area contributed by atoms with Gasteiger partial charge in [0.2, 0.25) is 0 Å².